The van der Waals surface area contributed by atoms with E-state index in [-0.39, 0.29) is 6.10 Å². The molecule has 0 aliphatic carbocycles. The normalized spacial score (nSPS) is 16.4. The van der Waals surface area contributed by atoms with Crippen LogP contribution in [0.5, 0.6) is 11.5 Å². The van der Waals surface area contributed by atoms with E-state index in [0.29, 0.717) is 0 Å². The first-order valence-electron chi connectivity index (χ1n) is 7.22. The Morgan fingerprint density at radius 1 is 1.29 bits per heavy atom. The average molecular weight is 284 g/mol. The largest absolute Gasteiger partial charge is 0.496 e. The highest BCUT2D eigenvalue weighted by molar-refractivity contribution is 5.48. The minimum atomic E-state index is 0.254. The van der Waals surface area contributed by atoms with Crippen molar-refractivity contribution in [3.63, 3.8) is 0 Å². The maximum absolute atomic E-state index is 5.82. The Labute approximate surface area is 125 Å². The van der Waals surface area contributed by atoms with Crippen molar-refractivity contribution in [1.29, 1.82) is 0 Å². The molecule has 0 spiro atoms. The van der Waals surface area contributed by atoms with Crippen LogP contribution in [0.2, 0.25) is 0 Å². The minimum Gasteiger partial charge on any atom is -0.496 e. The van der Waals surface area contributed by atoms with Gasteiger partial charge in [0.05, 0.1) is 7.11 Å². The lowest BCUT2D eigenvalue weighted by Gasteiger charge is -2.12. The first-order valence-corrected chi connectivity index (χ1v) is 7.22. The number of aromatic nitrogens is 1. The second-order valence-corrected chi connectivity index (χ2v) is 5.36. The summed E-state index contributed by atoms with van der Waals surface area (Å²) in [7, 11) is 1.72. The maximum atomic E-state index is 5.82. The second-order valence-electron chi connectivity index (χ2n) is 5.36. The Bertz CT molecular complexity index is 614. The first kappa shape index (κ1) is 13.9. The second kappa shape index (κ2) is 6.14. The molecule has 21 heavy (non-hydrogen) atoms. The number of fused-ring (bicyclic) bond motifs is 1. The topological polar surface area (TPSA) is 43.4 Å². The lowest BCUT2D eigenvalue weighted by Crippen LogP contribution is -2.13. The van der Waals surface area contributed by atoms with Crippen molar-refractivity contribution in [2.75, 3.05) is 7.11 Å². The maximum Gasteiger partial charge on any atom is 0.123 e. The van der Waals surface area contributed by atoms with E-state index in [2.05, 4.69) is 29.4 Å². The molecule has 0 amide bonds. The number of nitrogens with one attached hydrogen (secondary N) is 1. The average Bonchev–Trinajstić information content (AvgIpc) is 2.86. The molecule has 0 saturated heterocycles. The van der Waals surface area contributed by atoms with Crippen LogP contribution < -0.4 is 14.8 Å². The zero-order chi connectivity index (χ0) is 14.7. The van der Waals surface area contributed by atoms with E-state index in [1.807, 2.05) is 24.5 Å². The molecule has 0 saturated carbocycles. The fourth-order valence-electron chi connectivity index (χ4n) is 2.65. The van der Waals surface area contributed by atoms with E-state index in [1.54, 1.807) is 7.11 Å². The predicted octanol–water partition coefficient (Wildman–Crippen LogP) is 2.70. The highest BCUT2D eigenvalue weighted by Gasteiger charge is 2.21. The standard InChI is InChI=1S/C17H20N2O2/c1-12-7-14-8-16(20-2)15(9-17(14)21-12)11-19-10-13-3-5-18-6-4-13/h3-6,8-9,12,19H,7,10-11H2,1-2H3/t12-/m0/s1. The quantitative estimate of drug-likeness (QED) is 0.917. The van der Waals surface area contributed by atoms with Gasteiger partial charge < -0.3 is 14.8 Å². The molecule has 4 heteroatoms. The Morgan fingerprint density at radius 3 is 2.86 bits per heavy atom. The number of nitrogens with zero attached hydrogens (tertiary/aromatic N) is 1. The summed E-state index contributed by atoms with van der Waals surface area (Å²) >= 11 is 0. The van der Waals surface area contributed by atoms with E-state index in [0.717, 1.165) is 36.6 Å². The molecule has 1 aromatic carbocycles. The van der Waals surface area contributed by atoms with Gasteiger partial charge in [-0.2, -0.15) is 0 Å². The van der Waals surface area contributed by atoms with Crippen LogP contribution >= 0.6 is 0 Å². The third kappa shape index (κ3) is 3.16. The van der Waals surface area contributed by atoms with E-state index in [1.165, 1.54) is 11.1 Å². The smallest absolute Gasteiger partial charge is 0.123 e. The molecule has 0 radical (unpaired) electrons. The number of pyridine rings is 1. The van der Waals surface area contributed by atoms with Gasteiger partial charge in [0.1, 0.15) is 17.6 Å². The van der Waals surface area contributed by atoms with E-state index >= 15 is 0 Å². The van der Waals surface area contributed by atoms with Crippen LogP contribution in [0, 0.1) is 0 Å². The molecule has 1 N–H and O–H groups in total. The Balaban J connectivity index is 1.69. The van der Waals surface area contributed by atoms with Gasteiger partial charge in [-0.25, -0.2) is 0 Å². The van der Waals surface area contributed by atoms with Gasteiger partial charge in [-0.1, -0.05) is 0 Å². The van der Waals surface area contributed by atoms with E-state index in [9.17, 15) is 0 Å². The third-order valence-electron chi connectivity index (χ3n) is 3.69. The molecule has 0 unspecified atom stereocenters. The highest BCUT2D eigenvalue weighted by atomic mass is 16.5. The van der Waals surface area contributed by atoms with E-state index < -0.39 is 0 Å². The molecule has 1 aliphatic rings. The Morgan fingerprint density at radius 2 is 2.10 bits per heavy atom. The van der Waals surface area contributed by atoms with E-state index in [4.69, 9.17) is 9.47 Å². The summed E-state index contributed by atoms with van der Waals surface area (Å²) in [4.78, 5) is 4.02. The molecule has 4 nitrogen and oxygen atoms in total. The number of ether oxygens (including phenoxy) is 2. The van der Waals surface area contributed by atoms with Crippen molar-refractivity contribution in [2.45, 2.75) is 32.5 Å². The van der Waals surface area contributed by atoms with Crippen molar-refractivity contribution >= 4 is 0 Å². The zero-order valence-corrected chi connectivity index (χ0v) is 12.4. The monoisotopic (exact) mass is 284 g/mol. The summed E-state index contributed by atoms with van der Waals surface area (Å²) in [6, 6.07) is 8.22. The van der Waals surface area contributed by atoms with Crippen molar-refractivity contribution < 1.29 is 9.47 Å². The molecule has 0 fully saturated rings. The summed E-state index contributed by atoms with van der Waals surface area (Å²) in [5, 5.41) is 3.43. The number of hydrogen-bond acceptors (Lipinski definition) is 4. The molecular formula is C17H20N2O2. The summed E-state index contributed by atoms with van der Waals surface area (Å²) < 4.78 is 11.3. The predicted molar refractivity (Wildman–Crippen MR) is 81.6 cm³/mol. The van der Waals surface area contributed by atoms with Crippen molar-refractivity contribution in [2.24, 2.45) is 0 Å². The molecular weight excluding hydrogens is 264 g/mol. The van der Waals surface area contributed by atoms with Gasteiger partial charge in [0.25, 0.3) is 0 Å². The molecule has 1 aliphatic heterocycles. The first-order chi connectivity index (χ1) is 10.3. The SMILES string of the molecule is COc1cc2c(cc1CNCc1ccncc1)O[C@@H](C)C2. The molecule has 2 aromatic rings. The van der Waals surface area contributed by atoms with Gasteiger partial charge in [-0.15, -0.1) is 0 Å². The van der Waals surface area contributed by atoms with Gasteiger partial charge in [0.15, 0.2) is 0 Å². The lowest BCUT2D eigenvalue weighted by molar-refractivity contribution is 0.254. The van der Waals surface area contributed by atoms with Crippen LogP contribution in [0.3, 0.4) is 0 Å². The van der Waals surface area contributed by atoms with Crippen molar-refractivity contribution in [1.82, 2.24) is 10.3 Å². The zero-order valence-electron chi connectivity index (χ0n) is 12.4. The number of benzene rings is 1. The van der Waals surface area contributed by atoms with Gasteiger partial charge in [0, 0.05) is 43.0 Å². The number of hydrogen-bond donors (Lipinski definition) is 1. The van der Waals surface area contributed by atoms with Crippen LogP contribution in [0.15, 0.2) is 36.7 Å². The van der Waals surface area contributed by atoms with Crippen molar-refractivity contribution in [3.05, 3.63) is 53.3 Å². The fraction of sp³-hybridized carbons (Fsp3) is 0.353. The fourth-order valence-corrected chi connectivity index (χ4v) is 2.65. The summed E-state index contributed by atoms with van der Waals surface area (Å²) in [5.41, 5.74) is 3.58. The van der Waals surface area contributed by atoms with Crippen LogP contribution in [-0.4, -0.2) is 18.2 Å². The minimum absolute atomic E-state index is 0.254. The number of methoxy groups -OCH3 is 1. The van der Waals surface area contributed by atoms with Crippen LogP contribution in [0.4, 0.5) is 0 Å². The lowest BCUT2D eigenvalue weighted by atomic mass is 10.1. The third-order valence-corrected chi connectivity index (χ3v) is 3.69. The summed E-state index contributed by atoms with van der Waals surface area (Å²) in [6.07, 6.45) is 4.82. The van der Waals surface area contributed by atoms with Gasteiger partial charge in [0.2, 0.25) is 0 Å². The van der Waals surface area contributed by atoms with Gasteiger partial charge >= 0.3 is 0 Å². The molecule has 0 bridgehead atoms. The van der Waals surface area contributed by atoms with Crippen LogP contribution in [0.25, 0.3) is 0 Å². The highest BCUT2D eigenvalue weighted by Crippen LogP contribution is 2.34. The molecule has 1 aromatic heterocycles. The Hall–Kier alpha value is -2.07. The van der Waals surface area contributed by atoms with Gasteiger partial charge in [-0.05, 0) is 36.8 Å². The van der Waals surface area contributed by atoms with Crippen LogP contribution in [-0.2, 0) is 19.5 Å². The summed E-state index contributed by atoms with van der Waals surface area (Å²) in [6.45, 7) is 3.64. The number of rotatable bonds is 5. The van der Waals surface area contributed by atoms with Gasteiger partial charge in [-0.3, -0.25) is 4.98 Å². The molecule has 2 heterocycles. The molecule has 3 rings (SSSR count). The molecule has 1 atom stereocenters. The Kier molecular flexibility index (Phi) is 4.06. The summed E-state index contributed by atoms with van der Waals surface area (Å²) in [5.74, 6) is 1.91. The van der Waals surface area contributed by atoms with Crippen LogP contribution in [0.1, 0.15) is 23.6 Å². The molecule has 110 valence electrons. The van der Waals surface area contributed by atoms with Crippen molar-refractivity contribution in [3.8, 4) is 11.5 Å².